The lowest BCUT2D eigenvalue weighted by Gasteiger charge is -2.13. The summed E-state index contributed by atoms with van der Waals surface area (Å²) in [5.41, 5.74) is -1.65. The molecule has 2 heterocycles. The van der Waals surface area contributed by atoms with Crippen LogP contribution >= 0.6 is 0 Å². The summed E-state index contributed by atoms with van der Waals surface area (Å²) in [5.74, 6) is -0.407. The first kappa shape index (κ1) is 22.1. The summed E-state index contributed by atoms with van der Waals surface area (Å²) in [5, 5.41) is 4.70. The lowest BCUT2D eigenvalue weighted by molar-refractivity contribution is -0.140. The summed E-state index contributed by atoms with van der Waals surface area (Å²) >= 11 is 0. The number of para-hydroxylation sites is 1. The SMILES string of the molecule is COc1c(C)cccc1NC(=O)c1c(C)nc2c(-c3ccccc3)c(C(F)(F)F)[nH]n2c1=O. The van der Waals surface area contributed by atoms with E-state index in [4.69, 9.17) is 4.74 Å². The number of aromatic amines is 1. The van der Waals surface area contributed by atoms with Crippen molar-refractivity contribution in [3.63, 3.8) is 0 Å². The molecule has 10 heteroatoms. The number of aromatic nitrogens is 3. The van der Waals surface area contributed by atoms with Crippen molar-refractivity contribution in [1.29, 1.82) is 0 Å². The van der Waals surface area contributed by atoms with E-state index in [1.54, 1.807) is 43.3 Å². The average Bonchev–Trinajstić information content (AvgIpc) is 3.15. The van der Waals surface area contributed by atoms with Gasteiger partial charge in [-0.1, -0.05) is 42.5 Å². The molecule has 0 radical (unpaired) electrons. The van der Waals surface area contributed by atoms with Crippen molar-refractivity contribution >= 4 is 17.2 Å². The van der Waals surface area contributed by atoms with Gasteiger partial charge in [-0.3, -0.25) is 14.7 Å². The minimum absolute atomic E-state index is 0.00553. The predicted molar refractivity (Wildman–Crippen MR) is 117 cm³/mol. The quantitative estimate of drug-likeness (QED) is 0.470. The third-order valence-electron chi connectivity index (χ3n) is 5.20. The number of hydrogen-bond acceptors (Lipinski definition) is 4. The maximum absolute atomic E-state index is 13.8. The lowest BCUT2D eigenvalue weighted by atomic mass is 10.1. The summed E-state index contributed by atoms with van der Waals surface area (Å²) in [7, 11) is 1.44. The lowest BCUT2D eigenvalue weighted by Crippen LogP contribution is -2.29. The van der Waals surface area contributed by atoms with Crippen molar-refractivity contribution in [2.75, 3.05) is 12.4 Å². The summed E-state index contributed by atoms with van der Waals surface area (Å²) in [6.07, 6.45) is -4.78. The number of rotatable bonds is 4. The fourth-order valence-electron chi connectivity index (χ4n) is 3.73. The third-order valence-corrected chi connectivity index (χ3v) is 5.20. The molecular formula is C23H19F3N4O3. The molecule has 33 heavy (non-hydrogen) atoms. The molecule has 0 spiro atoms. The van der Waals surface area contributed by atoms with Gasteiger partial charge in [0.05, 0.1) is 24.1 Å². The number of amides is 1. The molecule has 7 nitrogen and oxygen atoms in total. The van der Waals surface area contributed by atoms with Crippen LogP contribution in [-0.2, 0) is 6.18 Å². The van der Waals surface area contributed by atoms with Crippen LogP contribution in [0.2, 0.25) is 0 Å². The number of fused-ring (bicyclic) bond motifs is 1. The Bertz CT molecular complexity index is 1420. The molecule has 0 aliphatic carbocycles. The zero-order chi connectivity index (χ0) is 23.9. The van der Waals surface area contributed by atoms with Crippen LogP contribution in [0.4, 0.5) is 18.9 Å². The first-order chi connectivity index (χ1) is 15.6. The average molecular weight is 456 g/mol. The number of H-pyrrole nitrogens is 1. The van der Waals surface area contributed by atoms with Crippen LogP contribution in [0.3, 0.4) is 0 Å². The maximum Gasteiger partial charge on any atom is 0.433 e. The van der Waals surface area contributed by atoms with Gasteiger partial charge >= 0.3 is 6.18 Å². The molecule has 2 aromatic heterocycles. The number of ether oxygens (including phenoxy) is 1. The van der Waals surface area contributed by atoms with Crippen molar-refractivity contribution in [1.82, 2.24) is 14.6 Å². The van der Waals surface area contributed by atoms with Crippen molar-refractivity contribution in [2.24, 2.45) is 0 Å². The van der Waals surface area contributed by atoms with Gasteiger partial charge in [0.25, 0.3) is 11.5 Å². The molecule has 0 atom stereocenters. The van der Waals surface area contributed by atoms with E-state index in [1.165, 1.54) is 26.2 Å². The number of carbonyl (C=O) groups is 1. The smallest absolute Gasteiger partial charge is 0.433 e. The van der Waals surface area contributed by atoms with Crippen molar-refractivity contribution in [3.05, 3.63) is 81.4 Å². The van der Waals surface area contributed by atoms with Crippen LogP contribution in [0.25, 0.3) is 16.8 Å². The van der Waals surface area contributed by atoms with Crippen molar-refractivity contribution in [3.8, 4) is 16.9 Å². The zero-order valence-corrected chi connectivity index (χ0v) is 17.9. The second-order valence-electron chi connectivity index (χ2n) is 7.37. The Morgan fingerprint density at radius 3 is 2.42 bits per heavy atom. The Morgan fingerprint density at radius 2 is 1.79 bits per heavy atom. The number of benzene rings is 2. The summed E-state index contributed by atoms with van der Waals surface area (Å²) in [6, 6.07) is 12.9. The van der Waals surface area contributed by atoms with E-state index in [2.05, 4.69) is 15.4 Å². The van der Waals surface area contributed by atoms with E-state index in [-0.39, 0.29) is 28.0 Å². The van der Waals surface area contributed by atoms with E-state index < -0.39 is 23.3 Å². The molecule has 170 valence electrons. The van der Waals surface area contributed by atoms with Gasteiger partial charge in [0.2, 0.25) is 0 Å². The minimum Gasteiger partial charge on any atom is -0.494 e. The Morgan fingerprint density at radius 1 is 1.09 bits per heavy atom. The normalized spacial score (nSPS) is 11.6. The van der Waals surface area contributed by atoms with Crippen LogP contribution in [0, 0.1) is 13.8 Å². The van der Waals surface area contributed by atoms with Gasteiger partial charge in [-0.25, -0.2) is 4.98 Å². The molecule has 0 bridgehead atoms. The number of nitrogens with one attached hydrogen (secondary N) is 2. The maximum atomic E-state index is 13.8. The molecule has 0 fully saturated rings. The number of hydrogen-bond donors (Lipinski definition) is 2. The fourth-order valence-corrected chi connectivity index (χ4v) is 3.73. The van der Waals surface area contributed by atoms with Gasteiger partial charge in [0.1, 0.15) is 17.0 Å². The molecule has 4 aromatic rings. The number of nitrogens with zero attached hydrogens (tertiary/aromatic N) is 2. The summed E-state index contributed by atoms with van der Waals surface area (Å²) in [4.78, 5) is 30.3. The van der Waals surface area contributed by atoms with Crippen LogP contribution in [0.1, 0.15) is 27.3 Å². The monoisotopic (exact) mass is 456 g/mol. The van der Waals surface area contributed by atoms with Gasteiger partial charge in [-0.05, 0) is 31.0 Å². The van der Waals surface area contributed by atoms with E-state index in [0.29, 0.717) is 16.0 Å². The fraction of sp³-hybridized carbons (Fsp3) is 0.174. The van der Waals surface area contributed by atoms with Gasteiger partial charge in [0, 0.05) is 0 Å². The van der Waals surface area contributed by atoms with E-state index in [0.717, 1.165) is 5.56 Å². The number of aryl methyl sites for hydroxylation is 2. The molecule has 1 amide bonds. The second kappa shape index (κ2) is 8.12. The van der Waals surface area contributed by atoms with Gasteiger partial charge < -0.3 is 10.1 Å². The van der Waals surface area contributed by atoms with Crippen molar-refractivity contribution < 1.29 is 22.7 Å². The molecule has 2 aromatic carbocycles. The highest BCUT2D eigenvalue weighted by Gasteiger charge is 2.38. The zero-order valence-electron chi connectivity index (χ0n) is 17.9. The van der Waals surface area contributed by atoms with Gasteiger partial charge in [-0.2, -0.15) is 17.7 Å². The molecule has 0 aliphatic rings. The van der Waals surface area contributed by atoms with E-state index in [9.17, 15) is 22.8 Å². The molecule has 4 rings (SSSR count). The molecular weight excluding hydrogens is 437 g/mol. The standard InChI is InChI=1S/C23H19F3N4O3/c1-12-8-7-11-15(18(12)33-3)28-21(31)16-13(2)27-20-17(14-9-5-4-6-10-14)19(23(24,25)26)29-30(20)22(16)32/h4-11,29H,1-3H3,(H,28,31). The molecule has 0 unspecified atom stereocenters. The number of halogens is 3. The van der Waals surface area contributed by atoms with Crippen LogP contribution in [-0.4, -0.2) is 27.6 Å². The van der Waals surface area contributed by atoms with Gasteiger partial charge in [0.15, 0.2) is 5.65 Å². The Balaban J connectivity index is 1.90. The first-order valence-corrected chi connectivity index (χ1v) is 9.86. The Labute approximate surface area is 185 Å². The summed E-state index contributed by atoms with van der Waals surface area (Å²) < 4.78 is 47.4. The minimum atomic E-state index is -4.78. The van der Waals surface area contributed by atoms with Crippen LogP contribution in [0.5, 0.6) is 5.75 Å². The van der Waals surface area contributed by atoms with Crippen LogP contribution < -0.4 is 15.6 Å². The number of carbonyl (C=O) groups excluding carboxylic acids is 1. The largest absolute Gasteiger partial charge is 0.494 e. The molecule has 2 N–H and O–H groups in total. The van der Waals surface area contributed by atoms with Crippen molar-refractivity contribution in [2.45, 2.75) is 20.0 Å². The highest BCUT2D eigenvalue weighted by molar-refractivity contribution is 6.05. The first-order valence-electron chi connectivity index (χ1n) is 9.86. The topological polar surface area (TPSA) is 88.5 Å². The Hall–Kier alpha value is -4.08. The summed E-state index contributed by atoms with van der Waals surface area (Å²) in [6.45, 7) is 3.18. The highest BCUT2D eigenvalue weighted by atomic mass is 19.4. The molecule has 0 saturated heterocycles. The number of methoxy groups -OCH3 is 1. The Kier molecular flexibility index (Phi) is 5.44. The number of anilines is 1. The second-order valence-corrected chi connectivity index (χ2v) is 7.37. The van der Waals surface area contributed by atoms with E-state index in [1.807, 2.05) is 0 Å². The highest BCUT2D eigenvalue weighted by Crippen LogP contribution is 2.38. The predicted octanol–water partition coefficient (Wildman–Crippen LogP) is 4.59. The molecule has 0 saturated carbocycles. The van der Waals surface area contributed by atoms with Gasteiger partial charge in [-0.15, -0.1) is 0 Å². The third kappa shape index (κ3) is 3.84. The van der Waals surface area contributed by atoms with Crippen LogP contribution in [0.15, 0.2) is 53.3 Å². The number of alkyl halides is 3. The molecule has 0 aliphatic heterocycles. The van der Waals surface area contributed by atoms with E-state index >= 15 is 0 Å².